The summed E-state index contributed by atoms with van der Waals surface area (Å²) in [5, 5.41) is 3.81. The van der Waals surface area contributed by atoms with Crippen molar-refractivity contribution in [2.24, 2.45) is 5.92 Å². The van der Waals surface area contributed by atoms with Gasteiger partial charge >= 0.3 is 5.92 Å². The highest BCUT2D eigenvalue weighted by Gasteiger charge is 2.43. The van der Waals surface area contributed by atoms with Crippen LogP contribution < -0.4 is 10.1 Å². The molecule has 0 saturated heterocycles. The molecule has 1 saturated carbocycles. The lowest BCUT2D eigenvalue weighted by atomic mass is 9.93. The van der Waals surface area contributed by atoms with E-state index in [-0.39, 0.29) is 17.5 Å². The molecule has 0 aliphatic heterocycles. The summed E-state index contributed by atoms with van der Waals surface area (Å²) >= 11 is 11.7. The number of aldehydes is 1. The van der Waals surface area contributed by atoms with Crippen LogP contribution in [0.3, 0.4) is 0 Å². The number of carbonyl (C=O) groups excluding carboxylic acids is 2. The highest BCUT2D eigenvalue weighted by atomic mass is 35.5. The molecule has 1 aliphatic carbocycles. The molecule has 13 heteroatoms. The third-order valence-electron chi connectivity index (χ3n) is 7.41. The Morgan fingerprint density at radius 1 is 1.07 bits per heavy atom. The van der Waals surface area contributed by atoms with Crippen molar-refractivity contribution in [3.63, 3.8) is 0 Å². The van der Waals surface area contributed by atoms with Gasteiger partial charge in [0.25, 0.3) is 0 Å². The van der Waals surface area contributed by atoms with Crippen LogP contribution >= 0.6 is 23.2 Å². The second-order valence-electron chi connectivity index (χ2n) is 10.6. The first kappa shape index (κ1) is 34.2. The van der Waals surface area contributed by atoms with Crippen molar-refractivity contribution in [2.75, 3.05) is 20.7 Å². The number of aromatic nitrogens is 2. The number of hydrogen-bond donors (Lipinski definition) is 1. The first-order valence-corrected chi connectivity index (χ1v) is 14.5. The van der Waals surface area contributed by atoms with Crippen LogP contribution in [0.2, 0.25) is 10.0 Å². The van der Waals surface area contributed by atoms with E-state index in [0.717, 1.165) is 47.9 Å². The maximum absolute atomic E-state index is 15.1. The maximum Gasteiger partial charge on any atom is 0.333 e. The van der Waals surface area contributed by atoms with Gasteiger partial charge in [0.15, 0.2) is 5.82 Å². The minimum Gasteiger partial charge on any atom is -0.494 e. The topological polar surface area (TPSA) is 81.2 Å². The monoisotopic (exact) mass is 667 g/mol. The lowest BCUT2D eigenvalue weighted by Gasteiger charge is -2.21. The summed E-state index contributed by atoms with van der Waals surface area (Å²) in [6.45, 7) is 2.84. The van der Waals surface area contributed by atoms with Gasteiger partial charge in [0.1, 0.15) is 34.9 Å². The van der Waals surface area contributed by atoms with E-state index in [0.29, 0.717) is 35.9 Å². The molecule has 0 spiro atoms. The van der Waals surface area contributed by atoms with Crippen molar-refractivity contribution in [1.82, 2.24) is 15.3 Å². The highest BCUT2D eigenvalue weighted by molar-refractivity contribution is 6.32. The van der Waals surface area contributed by atoms with Gasteiger partial charge in [0, 0.05) is 47.7 Å². The number of ketones is 1. The minimum absolute atomic E-state index is 0.106. The molecule has 2 aromatic carbocycles. The molecule has 6 nitrogen and oxygen atoms in total. The molecule has 45 heavy (non-hydrogen) atoms. The van der Waals surface area contributed by atoms with Gasteiger partial charge in [-0.2, -0.15) is 8.78 Å². The molecule has 1 fully saturated rings. The summed E-state index contributed by atoms with van der Waals surface area (Å²) in [6.07, 6.45) is 2.46. The Morgan fingerprint density at radius 3 is 2.33 bits per heavy atom. The zero-order chi connectivity index (χ0) is 33.2. The van der Waals surface area contributed by atoms with Crippen LogP contribution in [-0.2, 0) is 10.7 Å². The fourth-order valence-electron chi connectivity index (χ4n) is 4.84. The minimum atomic E-state index is -4.13. The van der Waals surface area contributed by atoms with E-state index < -0.39 is 51.0 Å². The molecular formula is C32H28Cl2F5N3O3. The molecule has 2 aromatic heterocycles. The number of benzene rings is 2. The predicted octanol–water partition coefficient (Wildman–Crippen LogP) is 8.23. The van der Waals surface area contributed by atoms with Crippen molar-refractivity contribution < 1.29 is 36.3 Å². The van der Waals surface area contributed by atoms with Crippen LogP contribution in [0.4, 0.5) is 22.0 Å². The Balaban J connectivity index is 0.000000242. The summed E-state index contributed by atoms with van der Waals surface area (Å²) in [5.41, 5.74) is -0.372. The molecular weight excluding hydrogens is 640 g/mol. The lowest BCUT2D eigenvalue weighted by molar-refractivity contribution is -0.142. The number of ether oxygens (including phenoxy) is 1. The molecule has 1 atom stereocenters. The van der Waals surface area contributed by atoms with E-state index in [4.69, 9.17) is 27.9 Å². The van der Waals surface area contributed by atoms with E-state index in [1.54, 1.807) is 32.4 Å². The van der Waals surface area contributed by atoms with E-state index in [9.17, 15) is 27.2 Å². The number of nitrogens with zero attached hydrogens (tertiary/aromatic N) is 2. The molecule has 5 rings (SSSR count). The van der Waals surface area contributed by atoms with Gasteiger partial charge < -0.3 is 10.1 Å². The summed E-state index contributed by atoms with van der Waals surface area (Å²) in [7, 11) is 3.22. The number of fused-ring (bicyclic) bond motifs is 1. The molecule has 1 aliphatic rings. The van der Waals surface area contributed by atoms with Crippen LogP contribution in [0.15, 0.2) is 36.4 Å². The van der Waals surface area contributed by atoms with Crippen LogP contribution in [0.25, 0.3) is 22.2 Å². The normalized spacial score (nSPS) is 13.7. The standard InChI is InChI=1S/C20H18ClF5N2O.C12H10ClNO2/c1-9(29)20(25,26)13-6-17(12(8-27-2)10-3-4-10)28-19(18(13)24)11-5-14(21)16(23)7-15(11)22;1-7-10(13)5-9-3-8(6-15)4-11(16-2)12(9)14-7/h5-7,10,12,27H,3-4,8H2,1-2H3;3-6H,1-2H3. The first-order chi connectivity index (χ1) is 21.2. The molecule has 0 radical (unpaired) electrons. The fourth-order valence-corrected chi connectivity index (χ4v) is 5.16. The number of nitrogens with one attached hydrogen (secondary N) is 1. The lowest BCUT2D eigenvalue weighted by Crippen LogP contribution is -2.27. The van der Waals surface area contributed by atoms with Crippen molar-refractivity contribution >= 4 is 46.2 Å². The van der Waals surface area contributed by atoms with Gasteiger partial charge in [-0.25, -0.2) is 23.1 Å². The summed E-state index contributed by atoms with van der Waals surface area (Å²) < 4.78 is 77.2. The second-order valence-corrected chi connectivity index (χ2v) is 11.4. The van der Waals surface area contributed by atoms with Gasteiger partial charge in [-0.1, -0.05) is 23.2 Å². The number of likely N-dealkylation sites (N-methyl/N-ethyl adjacent to an activating group) is 1. The van der Waals surface area contributed by atoms with Crippen molar-refractivity contribution in [3.8, 4) is 17.0 Å². The third kappa shape index (κ3) is 7.26. The Labute approximate surface area is 265 Å². The number of halogens is 7. The average Bonchev–Trinajstić information content (AvgIpc) is 3.84. The van der Waals surface area contributed by atoms with Crippen molar-refractivity contribution in [2.45, 2.75) is 38.5 Å². The first-order valence-electron chi connectivity index (χ1n) is 13.7. The highest BCUT2D eigenvalue weighted by Crippen LogP contribution is 2.44. The van der Waals surface area contributed by atoms with Crippen LogP contribution in [0.5, 0.6) is 5.75 Å². The Hall–Kier alpha value is -3.67. The zero-order valence-electron chi connectivity index (χ0n) is 24.6. The van der Waals surface area contributed by atoms with Crippen LogP contribution in [0.1, 0.15) is 53.0 Å². The number of alkyl halides is 2. The molecule has 238 valence electrons. The van der Waals surface area contributed by atoms with Crippen molar-refractivity contribution in [1.29, 1.82) is 0 Å². The smallest absolute Gasteiger partial charge is 0.333 e. The number of carbonyl (C=O) groups is 2. The summed E-state index contributed by atoms with van der Waals surface area (Å²) in [6, 6.07) is 7.28. The number of hydrogen-bond acceptors (Lipinski definition) is 6. The molecule has 1 N–H and O–H groups in total. The largest absolute Gasteiger partial charge is 0.494 e. The SMILES string of the molecule is CNCC(c1cc(C(F)(F)C(C)=O)c(F)c(-c2cc(Cl)c(F)cc2F)n1)C1CC1.COc1cc(C=O)cc2cc(Cl)c(C)nc12. The van der Waals surface area contributed by atoms with Crippen LogP contribution in [-0.4, -0.2) is 42.7 Å². The Bertz CT molecular complexity index is 1780. The van der Waals surface area contributed by atoms with E-state index in [1.165, 1.54) is 0 Å². The molecule has 0 amide bonds. The van der Waals surface area contributed by atoms with E-state index in [2.05, 4.69) is 15.3 Å². The number of Topliss-reactive ketones (excluding diaryl/α,β-unsaturated/α-hetero) is 1. The quantitative estimate of drug-likeness (QED) is 0.110. The van der Waals surface area contributed by atoms with Gasteiger partial charge in [-0.05, 0) is 63.1 Å². The summed E-state index contributed by atoms with van der Waals surface area (Å²) in [4.78, 5) is 30.7. The van der Waals surface area contributed by atoms with Gasteiger partial charge in [-0.15, -0.1) is 0 Å². The zero-order valence-corrected chi connectivity index (χ0v) is 26.1. The van der Waals surface area contributed by atoms with E-state index in [1.807, 2.05) is 6.92 Å². The van der Waals surface area contributed by atoms with Gasteiger partial charge in [0.05, 0.1) is 28.4 Å². The molecule has 2 heterocycles. The Morgan fingerprint density at radius 2 is 1.76 bits per heavy atom. The number of pyridine rings is 2. The van der Waals surface area contributed by atoms with Crippen molar-refractivity contribution in [3.05, 3.63) is 86.4 Å². The second kappa shape index (κ2) is 13.8. The number of rotatable bonds is 9. The molecule has 4 aromatic rings. The number of methoxy groups -OCH3 is 1. The maximum atomic E-state index is 15.1. The van der Waals surface area contributed by atoms with Gasteiger partial charge in [-0.3, -0.25) is 9.59 Å². The number of aryl methyl sites for hydroxylation is 1. The average molecular weight is 668 g/mol. The fraction of sp³-hybridized carbons (Fsp3) is 0.312. The Kier molecular flexibility index (Phi) is 10.5. The van der Waals surface area contributed by atoms with Crippen LogP contribution in [0, 0.1) is 30.3 Å². The van der Waals surface area contributed by atoms with Gasteiger partial charge in [0.2, 0.25) is 5.78 Å². The third-order valence-corrected chi connectivity index (χ3v) is 8.08. The van der Waals surface area contributed by atoms with E-state index >= 15 is 4.39 Å². The predicted molar refractivity (Wildman–Crippen MR) is 162 cm³/mol. The molecule has 1 unspecified atom stereocenters. The summed E-state index contributed by atoms with van der Waals surface area (Å²) in [5.74, 6) is -9.13. The molecule has 0 bridgehead atoms.